The summed E-state index contributed by atoms with van der Waals surface area (Å²) in [4.78, 5) is 15.7. The highest BCUT2D eigenvalue weighted by Crippen LogP contribution is 2.26. The molecule has 1 atom stereocenters. The average Bonchev–Trinajstić information content (AvgIpc) is 2.76. The van der Waals surface area contributed by atoms with Crippen molar-refractivity contribution in [3.05, 3.63) is 30.1 Å². The number of anilines is 1. The first-order valence-electron chi connectivity index (χ1n) is 5.54. The van der Waals surface area contributed by atoms with Crippen LogP contribution in [0, 0.1) is 6.92 Å². The highest BCUT2D eigenvalue weighted by atomic mass is 16.5. The molecule has 1 aromatic heterocycles. The number of carbonyl (C=O) groups is 1. The lowest BCUT2D eigenvalue weighted by Gasteiger charge is -2.10. The molecule has 6 nitrogen and oxygen atoms in total. The van der Waals surface area contributed by atoms with Gasteiger partial charge in [-0.25, -0.2) is 0 Å². The zero-order valence-corrected chi connectivity index (χ0v) is 10.2. The minimum absolute atomic E-state index is 0.265. The Morgan fingerprint density at radius 2 is 2.17 bits per heavy atom. The molecule has 0 fully saturated rings. The molecule has 2 aromatic rings. The number of hydrogen-bond donors (Lipinski definition) is 2. The Bertz CT molecular complexity index is 563. The minimum Gasteiger partial charge on any atom is -0.334 e. The molecular weight excluding hydrogens is 232 g/mol. The molecule has 94 valence electrons. The molecule has 0 saturated carbocycles. The highest BCUT2D eigenvalue weighted by Gasteiger charge is 2.14. The van der Waals surface area contributed by atoms with Gasteiger partial charge in [0.05, 0.1) is 17.3 Å². The summed E-state index contributed by atoms with van der Waals surface area (Å²) < 4.78 is 5.09. The van der Waals surface area contributed by atoms with Crippen molar-refractivity contribution in [3.63, 3.8) is 0 Å². The largest absolute Gasteiger partial charge is 0.334 e. The van der Waals surface area contributed by atoms with Crippen molar-refractivity contribution in [1.82, 2.24) is 10.1 Å². The lowest BCUT2D eigenvalue weighted by Crippen LogP contribution is -2.32. The first-order valence-corrected chi connectivity index (χ1v) is 5.54. The number of carbonyl (C=O) groups excluding carboxylic acids is 1. The van der Waals surface area contributed by atoms with Gasteiger partial charge in [-0.15, -0.1) is 0 Å². The molecule has 0 aliphatic heterocycles. The molecule has 3 N–H and O–H groups in total. The van der Waals surface area contributed by atoms with Crippen LogP contribution < -0.4 is 11.1 Å². The zero-order valence-electron chi connectivity index (χ0n) is 10.2. The molecule has 1 amide bonds. The standard InChI is InChI=1S/C12H14N4O2/c1-7(13)11(17)15-10-6-4-3-5-9(10)12-14-8(2)16-18-12/h3-7H,13H2,1-2H3,(H,15,17)/t7-/m1/s1. The monoisotopic (exact) mass is 246 g/mol. The molecule has 0 aliphatic carbocycles. The van der Waals surface area contributed by atoms with Crippen LogP contribution in [0.5, 0.6) is 0 Å². The van der Waals surface area contributed by atoms with Gasteiger partial charge in [0.15, 0.2) is 5.82 Å². The van der Waals surface area contributed by atoms with Crippen molar-refractivity contribution in [1.29, 1.82) is 0 Å². The quantitative estimate of drug-likeness (QED) is 0.852. The summed E-state index contributed by atoms with van der Waals surface area (Å²) in [6, 6.07) is 6.61. The number of hydrogen-bond acceptors (Lipinski definition) is 5. The molecule has 18 heavy (non-hydrogen) atoms. The number of benzene rings is 1. The number of amides is 1. The molecule has 0 spiro atoms. The fourth-order valence-corrected chi connectivity index (χ4v) is 1.43. The minimum atomic E-state index is -0.581. The summed E-state index contributed by atoms with van der Waals surface area (Å²) in [5.74, 6) is 0.644. The van der Waals surface area contributed by atoms with Crippen LogP contribution >= 0.6 is 0 Å². The second kappa shape index (κ2) is 4.97. The predicted molar refractivity (Wildman–Crippen MR) is 66.8 cm³/mol. The van der Waals surface area contributed by atoms with Crippen LogP contribution in [0.25, 0.3) is 11.5 Å². The first-order chi connectivity index (χ1) is 8.58. The lowest BCUT2D eigenvalue weighted by molar-refractivity contribution is -0.117. The van der Waals surface area contributed by atoms with Gasteiger partial charge in [0.1, 0.15) is 0 Å². The Hall–Kier alpha value is -2.21. The molecule has 2 rings (SSSR count). The van der Waals surface area contributed by atoms with Crippen LogP contribution in [-0.4, -0.2) is 22.1 Å². The van der Waals surface area contributed by atoms with E-state index in [9.17, 15) is 4.79 Å². The number of para-hydroxylation sites is 1. The van der Waals surface area contributed by atoms with Gasteiger partial charge in [-0.05, 0) is 26.0 Å². The van der Waals surface area contributed by atoms with Crippen LogP contribution in [0.4, 0.5) is 5.69 Å². The van der Waals surface area contributed by atoms with Gasteiger partial charge in [-0.1, -0.05) is 17.3 Å². The van der Waals surface area contributed by atoms with E-state index >= 15 is 0 Å². The molecular formula is C12H14N4O2. The molecule has 0 radical (unpaired) electrons. The fourth-order valence-electron chi connectivity index (χ4n) is 1.43. The molecule has 0 bridgehead atoms. The predicted octanol–water partition coefficient (Wildman–Crippen LogP) is 1.33. The molecule has 0 unspecified atom stereocenters. The van der Waals surface area contributed by atoms with E-state index in [0.717, 1.165) is 0 Å². The van der Waals surface area contributed by atoms with Gasteiger partial charge in [-0.3, -0.25) is 4.79 Å². The van der Waals surface area contributed by atoms with Crippen LogP contribution in [0.1, 0.15) is 12.7 Å². The topological polar surface area (TPSA) is 94.0 Å². The second-order valence-corrected chi connectivity index (χ2v) is 3.97. The van der Waals surface area contributed by atoms with Gasteiger partial charge in [0.2, 0.25) is 5.91 Å². The maximum atomic E-state index is 11.6. The van der Waals surface area contributed by atoms with Crippen molar-refractivity contribution in [2.75, 3.05) is 5.32 Å². The van der Waals surface area contributed by atoms with Gasteiger partial charge >= 0.3 is 0 Å². The molecule has 1 aromatic carbocycles. The number of aryl methyl sites for hydroxylation is 1. The number of aromatic nitrogens is 2. The van der Waals surface area contributed by atoms with Gasteiger partial charge in [0, 0.05) is 0 Å². The summed E-state index contributed by atoms with van der Waals surface area (Å²) in [6.07, 6.45) is 0. The Balaban J connectivity index is 2.34. The Morgan fingerprint density at radius 1 is 1.44 bits per heavy atom. The fraction of sp³-hybridized carbons (Fsp3) is 0.250. The van der Waals surface area contributed by atoms with Gasteiger partial charge in [0.25, 0.3) is 5.89 Å². The summed E-state index contributed by atoms with van der Waals surface area (Å²) in [6.45, 7) is 3.35. The van der Waals surface area contributed by atoms with Crippen molar-refractivity contribution < 1.29 is 9.32 Å². The van der Waals surface area contributed by atoms with E-state index in [1.54, 1.807) is 26.0 Å². The van der Waals surface area contributed by atoms with E-state index in [0.29, 0.717) is 23.0 Å². The zero-order chi connectivity index (χ0) is 13.1. The molecule has 6 heteroatoms. The summed E-state index contributed by atoms with van der Waals surface area (Å²) in [7, 11) is 0. The van der Waals surface area contributed by atoms with Gasteiger partial charge < -0.3 is 15.6 Å². The molecule has 0 aliphatic rings. The number of rotatable bonds is 3. The smallest absolute Gasteiger partial charge is 0.260 e. The third-order valence-electron chi connectivity index (χ3n) is 2.36. The Labute approximate surface area is 104 Å². The first kappa shape index (κ1) is 12.3. The van der Waals surface area contributed by atoms with Crippen molar-refractivity contribution >= 4 is 11.6 Å². The van der Waals surface area contributed by atoms with E-state index in [4.69, 9.17) is 10.3 Å². The molecule has 0 saturated heterocycles. The highest BCUT2D eigenvalue weighted by molar-refractivity contribution is 5.97. The Kier molecular flexibility index (Phi) is 3.38. The summed E-state index contributed by atoms with van der Waals surface area (Å²) >= 11 is 0. The lowest BCUT2D eigenvalue weighted by atomic mass is 10.1. The molecule has 1 heterocycles. The number of nitrogens with zero attached hydrogens (tertiary/aromatic N) is 2. The summed E-state index contributed by atoms with van der Waals surface area (Å²) in [5, 5.41) is 6.45. The van der Waals surface area contributed by atoms with Gasteiger partial charge in [-0.2, -0.15) is 4.98 Å². The van der Waals surface area contributed by atoms with Crippen molar-refractivity contribution in [3.8, 4) is 11.5 Å². The third-order valence-corrected chi connectivity index (χ3v) is 2.36. The normalized spacial score (nSPS) is 12.2. The maximum Gasteiger partial charge on any atom is 0.260 e. The van der Waals surface area contributed by atoms with Crippen molar-refractivity contribution in [2.45, 2.75) is 19.9 Å². The van der Waals surface area contributed by atoms with Crippen LogP contribution in [0.3, 0.4) is 0 Å². The third kappa shape index (κ3) is 2.54. The number of nitrogens with one attached hydrogen (secondary N) is 1. The SMILES string of the molecule is Cc1noc(-c2ccccc2NC(=O)[C@@H](C)N)n1. The van der Waals surface area contributed by atoms with E-state index in [1.165, 1.54) is 0 Å². The maximum absolute atomic E-state index is 11.6. The van der Waals surface area contributed by atoms with E-state index in [-0.39, 0.29) is 5.91 Å². The van der Waals surface area contributed by atoms with E-state index in [2.05, 4.69) is 15.5 Å². The average molecular weight is 246 g/mol. The van der Waals surface area contributed by atoms with E-state index in [1.807, 2.05) is 12.1 Å². The van der Waals surface area contributed by atoms with Crippen LogP contribution in [0.2, 0.25) is 0 Å². The summed E-state index contributed by atoms with van der Waals surface area (Å²) in [5.41, 5.74) is 6.79. The van der Waals surface area contributed by atoms with Crippen LogP contribution in [0.15, 0.2) is 28.8 Å². The number of nitrogens with two attached hydrogens (primary N) is 1. The Morgan fingerprint density at radius 3 is 2.78 bits per heavy atom. The van der Waals surface area contributed by atoms with Crippen molar-refractivity contribution in [2.24, 2.45) is 5.73 Å². The van der Waals surface area contributed by atoms with E-state index < -0.39 is 6.04 Å². The van der Waals surface area contributed by atoms with Crippen LogP contribution in [-0.2, 0) is 4.79 Å². The second-order valence-electron chi connectivity index (χ2n) is 3.97.